The third-order valence-corrected chi connectivity index (χ3v) is 4.00. The molecule has 1 aliphatic heterocycles. The highest BCUT2D eigenvalue weighted by molar-refractivity contribution is 5.68. The van der Waals surface area contributed by atoms with Crippen LogP contribution in [0.25, 0.3) is 0 Å². The van der Waals surface area contributed by atoms with Crippen molar-refractivity contribution in [3.05, 3.63) is 29.3 Å². The Morgan fingerprint density at radius 3 is 2.78 bits per heavy atom. The van der Waals surface area contributed by atoms with E-state index < -0.39 is 11.7 Å². The zero-order valence-electron chi connectivity index (χ0n) is 14.7. The molecule has 1 amide bonds. The molecule has 0 saturated heterocycles. The lowest BCUT2D eigenvalue weighted by Gasteiger charge is -2.23. The van der Waals surface area contributed by atoms with Gasteiger partial charge >= 0.3 is 6.09 Å². The van der Waals surface area contributed by atoms with Crippen LogP contribution >= 0.6 is 0 Å². The molecule has 5 nitrogen and oxygen atoms in total. The number of benzene rings is 1. The van der Waals surface area contributed by atoms with Crippen LogP contribution in [0.4, 0.5) is 10.5 Å². The van der Waals surface area contributed by atoms with Gasteiger partial charge in [-0.3, -0.25) is 0 Å². The Bertz CT molecular complexity index is 552. The van der Waals surface area contributed by atoms with Gasteiger partial charge in [0.2, 0.25) is 0 Å². The van der Waals surface area contributed by atoms with Gasteiger partial charge in [-0.2, -0.15) is 0 Å². The van der Waals surface area contributed by atoms with Crippen molar-refractivity contribution in [3.63, 3.8) is 0 Å². The minimum absolute atomic E-state index is 0.119. The summed E-state index contributed by atoms with van der Waals surface area (Å²) in [6.07, 6.45) is 1.39. The van der Waals surface area contributed by atoms with Crippen molar-refractivity contribution in [2.45, 2.75) is 52.2 Å². The van der Waals surface area contributed by atoms with Crippen LogP contribution in [0, 0.1) is 0 Å². The average molecular weight is 319 g/mol. The number of hydrogen-bond acceptors (Lipinski definition) is 4. The summed E-state index contributed by atoms with van der Waals surface area (Å²) in [6.45, 7) is 10.2. The van der Waals surface area contributed by atoms with Crippen molar-refractivity contribution in [3.8, 4) is 0 Å². The van der Waals surface area contributed by atoms with E-state index in [1.54, 1.807) is 0 Å². The lowest BCUT2D eigenvalue weighted by molar-refractivity contribution is 0.0506. The number of nitrogens with one attached hydrogen (secondary N) is 1. The molecule has 23 heavy (non-hydrogen) atoms. The smallest absolute Gasteiger partial charge is 0.407 e. The first kappa shape index (κ1) is 17.6. The number of hydrogen-bond donors (Lipinski definition) is 2. The van der Waals surface area contributed by atoms with Crippen molar-refractivity contribution in [1.29, 1.82) is 0 Å². The van der Waals surface area contributed by atoms with Gasteiger partial charge in [-0.05, 0) is 57.7 Å². The largest absolute Gasteiger partial charge is 0.444 e. The van der Waals surface area contributed by atoms with Crippen LogP contribution in [0.1, 0.15) is 38.8 Å². The second-order valence-electron chi connectivity index (χ2n) is 7.08. The Balaban J connectivity index is 1.98. The van der Waals surface area contributed by atoms with Gasteiger partial charge in [0.25, 0.3) is 0 Å². The monoisotopic (exact) mass is 319 g/mol. The Kier molecular flexibility index (Phi) is 5.52. The van der Waals surface area contributed by atoms with Crippen LogP contribution in [0.3, 0.4) is 0 Å². The number of rotatable bonds is 5. The van der Waals surface area contributed by atoms with E-state index in [1.165, 1.54) is 16.8 Å². The Hall–Kier alpha value is -1.75. The maximum absolute atomic E-state index is 11.9. The number of ether oxygens (including phenoxy) is 1. The molecule has 0 radical (unpaired) electrons. The fraction of sp³-hybridized carbons (Fsp3) is 0.611. The number of carbonyl (C=O) groups excluding carboxylic acids is 1. The van der Waals surface area contributed by atoms with E-state index in [9.17, 15) is 4.79 Å². The van der Waals surface area contributed by atoms with Gasteiger partial charge in [-0.25, -0.2) is 4.79 Å². The third-order valence-electron chi connectivity index (χ3n) is 4.00. The van der Waals surface area contributed by atoms with Crippen LogP contribution in [0.15, 0.2) is 18.2 Å². The topological polar surface area (TPSA) is 67.6 Å². The maximum atomic E-state index is 11.9. The zero-order chi connectivity index (χ0) is 17.0. The molecule has 0 saturated carbocycles. The van der Waals surface area contributed by atoms with E-state index in [1.807, 2.05) is 20.8 Å². The van der Waals surface area contributed by atoms with Crippen molar-refractivity contribution in [1.82, 2.24) is 5.32 Å². The Labute approximate surface area is 139 Å². The molecule has 3 N–H and O–H groups in total. The summed E-state index contributed by atoms with van der Waals surface area (Å²) in [5.74, 6) is 0. The third kappa shape index (κ3) is 4.86. The first-order chi connectivity index (χ1) is 10.8. The summed E-state index contributed by atoms with van der Waals surface area (Å²) < 4.78 is 5.30. The van der Waals surface area contributed by atoms with Crippen LogP contribution < -0.4 is 16.0 Å². The van der Waals surface area contributed by atoms with E-state index >= 15 is 0 Å². The zero-order valence-corrected chi connectivity index (χ0v) is 14.7. The van der Waals surface area contributed by atoms with Gasteiger partial charge in [0.1, 0.15) is 5.60 Å². The highest BCUT2D eigenvalue weighted by Crippen LogP contribution is 2.28. The number of likely N-dealkylation sites (N-methyl/N-ethyl adjacent to an activating group) is 1. The van der Waals surface area contributed by atoms with E-state index in [4.69, 9.17) is 10.5 Å². The van der Waals surface area contributed by atoms with E-state index in [2.05, 4.69) is 35.3 Å². The highest BCUT2D eigenvalue weighted by atomic mass is 16.6. The number of amides is 1. The number of carbonyl (C=O) groups is 1. The van der Waals surface area contributed by atoms with Gasteiger partial charge in [-0.1, -0.05) is 12.1 Å². The number of nitrogens with two attached hydrogens (primary N) is 1. The molecule has 0 bridgehead atoms. The van der Waals surface area contributed by atoms with Crippen LogP contribution in [-0.2, 0) is 17.6 Å². The van der Waals surface area contributed by atoms with Gasteiger partial charge in [-0.15, -0.1) is 0 Å². The molecule has 128 valence electrons. The van der Waals surface area contributed by atoms with Crippen molar-refractivity contribution < 1.29 is 9.53 Å². The van der Waals surface area contributed by atoms with Crippen molar-refractivity contribution in [2.75, 3.05) is 24.5 Å². The summed E-state index contributed by atoms with van der Waals surface area (Å²) in [5.41, 5.74) is 9.23. The number of alkyl carbamates (subject to hydrolysis) is 1. The van der Waals surface area contributed by atoms with Gasteiger partial charge in [0.15, 0.2) is 0 Å². The molecule has 1 atom stereocenters. The molecular formula is C18H29N3O2. The SMILES string of the molecule is CCN1CCc2cc(CC(CN)NC(=O)OC(C)(C)C)ccc21. The minimum Gasteiger partial charge on any atom is -0.444 e. The summed E-state index contributed by atoms with van der Waals surface area (Å²) in [7, 11) is 0. The summed E-state index contributed by atoms with van der Waals surface area (Å²) in [6, 6.07) is 6.44. The molecule has 0 spiro atoms. The molecule has 1 aromatic rings. The molecule has 1 unspecified atom stereocenters. The number of anilines is 1. The average Bonchev–Trinajstić information content (AvgIpc) is 2.86. The van der Waals surface area contributed by atoms with Crippen molar-refractivity contribution in [2.24, 2.45) is 5.73 Å². The summed E-state index contributed by atoms with van der Waals surface area (Å²) in [5, 5.41) is 2.86. The first-order valence-corrected chi connectivity index (χ1v) is 8.38. The summed E-state index contributed by atoms with van der Waals surface area (Å²) >= 11 is 0. The molecule has 0 aliphatic carbocycles. The second kappa shape index (κ2) is 7.21. The molecule has 2 rings (SSSR count). The second-order valence-corrected chi connectivity index (χ2v) is 7.08. The van der Waals surface area contributed by atoms with E-state index in [0.29, 0.717) is 6.54 Å². The van der Waals surface area contributed by atoms with E-state index in [-0.39, 0.29) is 6.04 Å². The minimum atomic E-state index is -0.500. The fourth-order valence-electron chi connectivity index (χ4n) is 2.93. The predicted octanol–water partition coefficient (Wildman–Crippen LogP) is 2.46. The summed E-state index contributed by atoms with van der Waals surface area (Å²) in [4.78, 5) is 14.3. The highest BCUT2D eigenvalue weighted by Gasteiger charge is 2.21. The molecule has 1 heterocycles. The molecular weight excluding hydrogens is 290 g/mol. The maximum Gasteiger partial charge on any atom is 0.407 e. The Morgan fingerprint density at radius 2 is 2.17 bits per heavy atom. The molecule has 1 aliphatic rings. The van der Waals surface area contributed by atoms with E-state index in [0.717, 1.165) is 25.9 Å². The van der Waals surface area contributed by atoms with Crippen LogP contribution in [0.5, 0.6) is 0 Å². The molecule has 5 heteroatoms. The lowest BCUT2D eigenvalue weighted by atomic mass is 10.0. The van der Waals surface area contributed by atoms with Gasteiger partial charge in [0.05, 0.1) is 0 Å². The Morgan fingerprint density at radius 1 is 1.43 bits per heavy atom. The fourth-order valence-corrected chi connectivity index (χ4v) is 2.93. The lowest BCUT2D eigenvalue weighted by Crippen LogP contribution is -2.44. The normalized spacial score (nSPS) is 15.3. The van der Waals surface area contributed by atoms with Crippen LogP contribution in [-0.4, -0.2) is 37.4 Å². The molecule has 0 aromatic heterocycles. The molecule has 0 fully saturated rings. The van der Waals surface area contributed by atoms with Gasteiger partial charge in [0, 0.05) is 31.4 Å². The van der Waals surface area contributed by atoms with Crippen LogP contribution in [0.2, 0.25) is 0 Å². The number of nitrogens with zero attached hydrogens (tertiary/aromatic N) is 1. The standard InChI is InChI=1S/C18H29N3O2/c1-5-21-9-8-14-10-13(6-7-16(14)21)11-15(12-19)20-17(22)23-18(2,3)4/h6-7,10,15H,5,8-9,11-12,19H2,1-4H3,(H,20,22). The molecule has 1 aromatic carbocycles. The first-order valence-electron chi connectivity index (χ1n) is 8.38. The van der Waals surface area contributed by atoms with Crippen molar-refractivity contribution >= 4 is 11.8 Å². The quantitative estimate of drug-likeness (QED) is 0.875. The number of fused-ring (bicyclic) bond motifs is 1. The predicted molar refractivity (Wildman–Crippen MR) is 93.9 cm³/mol. The van der Waals surface area contributed by atoms with Gasteiger partial charge < -0.3 is 20.7 Å².